The Morgan fingerprint density at radius 1 is 1.24 bits per heavy atom. The van der Waals surface area contributed by atoms with Gasteiger partial charge in [-0.05, 0) is 43.5 Å². The highest BCUT2D eigenvalue weighted by Gasteiger charge is 2.23. The van der Waals surface area contributed by atoms with Crippen LogP contribution in [0.5, 0.6) is 0 Å². The quantitative estimate of drug-likeness (QED) is 0.494. The number of aromatic nitrogens is 3. The lowest BCUT2D eigenvalue weighted by molar-refractivity contribution is 0.0906. The van der Waals surface area contributed by atoms with Gasteiger partial charge in [0.05, 0.1) is 11.1 Å². The fourth-order valence-electron chi connectivity index (χ4n) is 3.47. The fraction of sp³-hybridized carbons (Fsp3) is 0.227. The third kappa shape index (κ3) is 4.03. The molecule has 1 N–H and O–H groups in total. The summed E-state index contributed by atoms with van der Waals surface area (Å²) >= 11 is 6.32. The van der Waals surface area contributed by atoms with Gasteiger partial charge in [0.1, 0.15) is 12.7 Å². The van der Waals surface area contributed by atoms with E-state index < -0.39 is 0 Å². The van der Waals surface area contributed by atoms with E-state index >= 15 is 0 Å². The number of benzene rings is 2. The molecular formula is C22H21ClN4O2. The van der Waals surface area contributed by atoms with Gasteiger partial charge in [0.2, 0.25) is 0 Å². The first-order valence-corrected chi connectivity index (χ1v) is 9.78. The third-order valence-electron chi connectivity index (χ3n) is 4.96. The number of hydrogen-bond acceptors (Lipinski definition) is 4. The molecule has 2 aromatic carbocycles. The van der Waals surface area contributed by atoms with E-state index in [4.69, 9.17) is 16.0 Å². The molecule has 7 heteroatoms. The van der Waals surface area contributed by atoms with Gasteiger partial charge in [-0.15, -0.1) is 0 Å². The zero-order valence-electron chi connectivity index (χ0n) is 16.2. The van der Waals surface area contributed by atoms with Crippen molar-refractivity contribution in [3.63, 3.8) is 0 Å². The van der Waals surface area contributed by atoms with E-state index in [-0.39, 0.29) is 17.7 Å². The standard InChI is InChI=1S/C22H21ClN4O2/c1-14-10-17-15(2)20(29-21(17)18(23)11-14)22(28)26-19(16-6-4-3-5-7-16)8-9-27-13-24-12-25-27/h3-7,10-13,19H,8-9H2,1-2H3,(H,26,28)/t19-/m1/s1. The van der Waals surface area contributed by atoms with Crippen molar-refractivity contribution in [2.75, 3.05) is 0 Å². The molecule has 0 aliphatic heterocycles. The van der Waals surface area contributed by atoms with Crippen LogP contribution in [0.4, 0.5) is 0 Å². The van der Waals surface area contributed by atoms with Gasteiger partial charge in [-0.1, -0.05) is 41.9 Å². The van der Waals surface area contributed by atoms with Gasteiger partial charge in [-0.2, -0.15) is 5.10 Å². The monoisotopic (exact) mass is 408 g/mol. The molecular weight excluding hydrogens is 388 g/mol. The Labute approximate surface area is 173 Å². The average molecular weight is 409 g/mol. The largest absolute Gasteiger partial charge is 0.449 e. The summed E-state index contributed by atoms with van der Waals surface area (Å²) in [4.78, 5) is 17.1. The Balaban J connectivity index is 1.61. The molecule has 0 fully saturated rings. The lowest BCUT2D eigenvalue weighted by Gasteiger charge is -2.19. The average Bonchev–Trinajstić information content (AvgIpc) is 3.34. The van der Waals surface area contributed by atoms with Crippen molar-refractivity contribution in [1.29, 1.82) is 0 Å². The van der Waals surface area contributed by atoms with E-state index in [9.17, 15) is 4.79 Å². The minimum absolute atomic E-state index is 0.197. The number of rotatable bonds is 6. The second-order valence-corrected chi connectivity index (χ2v) is 7.47. The predicted molar refractivity (Wildman–Crippen MR) is 112 cm³/mol. The summed E-state index contributed by atoms with van der Waals surface area (Å²) in [6, 6.07) is 13.5. The summed E-state index contributed by atoms with van der Waals surface area (Å²) in [6.07, 6.45) is 3.83. The number of aryl methyl sites for hydroxylation is 3. The van der Waals surface area contributed by atoms with Gasteiger partial charge in [-0.25, -0.2) is 4.98 Å². The van der Waals surface area contributed by atoms with Gasteiger partial charge in [-0.3, -0.25) is 9.48 Å². The van der Waals surface area contributed by atoms with Crippen molar-refractivity contribution in [3.05, 3.63) is 82.6 Å². The molecule has 0 radical (unpaired) electrons. The highest BCUT2D eigenvalue weighted by molar-refractivity contribution is 6.35. The van der Waals surface area contributed by atoms with E-state index in [0.29, 0.717) is 23.6 Å². The molecule has 4 aromatic rings. The van der Waals surface area contributed by atoms with Crippen molar-refractivity contribution >= 4 is 28.5 Å². The maximum atomic E-state index is 13.1. The number of carbonyl (C=O) groups is 1. The number of fused-ring (bicyclic) bond motifs is 1. The maximum absolute atomic E-state index is 13.1. The number of hydrogen-bond donors (Lipinski definition) is 1. The Morgan fingerprint density at radius 3 is 2.76 bits per heavy atom. The summed E-state index contributed by atoms with van der Waals surface area (Å²) in [6.45, 7) is 4.47. The molecule has 0 aliphatic rings. The van der Waals surface area contributed by atoms with Gasteiger partial charge >= 0.3 is 0 Å². The van der Waals surface area contributed by atoms with Crippen molar-refractivity contribution in [2.24, 2.45) is 0 Å². The van der Waals surface area contributed by atoms with E-state index in [1.54, 1.807) is 11.0 Å². The minimum Gasteiger partial charge on any atom is -0.449 e. The van der Waals surface area contributed by atoms with Crippen LogP contribution in [0.3, 0.4) is 0 Å². The van der Waals surface area contributed by atoms with E-state index in [1.807, 2.05) is 56.3 Å². The zero-order chi connectivity index (χ0) is 20.4. The van der Waals surface area contributed by atoms with Crippen LogP contribution in [0.1, 0.15) is 39.7 Å². The highest BCUT2D eigenvalue weighted by Crippen LogP contribution is 2.32. The highest BCUT2D eigenvalue weighted by atomic mass is 35.5. The molecule has 2 aromatic heterocycles. The number of amides is 1. The molecule has 0 unspecified atom stereocenters. The second kappa shape index (κ2) is 8.09. The van der Waals surface area contributed by atoms with Crippen molar-refractivity contribution < 1.29 is 9.21 Å². The second-order valence-electron chi connectivity index (χ2n) is 7.06. The maximum Gasteiger partial charge on any atom is 0.287 e. The van der Waals surface area contributed by atoms with Gasteiger partial charge in [0.25, 0.3) is 5.91 Å². The number of nitrogens with zero attached hydrogens (tertiary/aromatic N) is 3. The van der Waals surface area contributed by atoms with Gasteiger partial charge < -0.3 is 9.73 Å². The summed E-state index contributed by atoms with van der Waals surface area (Å²) in [7, 11) is 0. The Bertz CT molecular complexity index is 1140. The smallest absolute Gasteiger partial charge is 0.287 e. The van der Waals surface area contributed by atoms with Crippen LogP contribution < -0.4 is 5.32 Å². The first kappa shape index (κ1) is 19.2. The minimum atomic E-state index is -0.264. The fourth-order valence-corrected chi connectivity index (χ4v) is 3.78. The first-order chi connectivity index (χ1) is 14.0. The molecule has 1 atom stereocenters. The number of halogens is 1. The summed E-state index contributed by atoms with van der Waals surface area (Å²) in [5.74, 6) is 0.0223. The molecule has 0 bridgehead atoms. The van der Waals surface area contributed by atoms with Crippen molar-refractivity contribution in [2.45, 2.75) is 32.9 Å². The van der Waals surface area contributed by atoms with E-state index in [1.165, 1.54) is 6.33 Å². The molecule has 6 nitrogen and oxygen atoms in total. The van der Waals surface area contributed by atoms with Crippen LogP contribution in [-0.4, -0.2) is 20.7 Å². The number of furan rings is 1. The molecule has 0 spiro atoms. The van der Waals surface area contributed by atoms with Crippen LogP contribution >= 0.6 is 11.6 Å². The molecule has 0 saturated carbocycles. The number of carbonyl (C=O) groups excluding carboxylic acids is 1. The predicted octanol–water partition coefficient (Wildman–Crippen LogP) is 4.86. The molecule has 0 aliphatic carbocycles. The van der Waals surface area contributed by atoms with Crippen LogP contribution in [0.25, 0.3) is 11.0 Å². The van der Waals surface area contributed by atoms with Crippen LogP contribution in [0, 0.1) is 13.8 Å². The van der Waals surface area contributed by atoms with Crippen molar-refractivity contribution in [3.8, 4) is 0 Å². The molecule has 2 heterocycles. The molecule has 1 amide bonds. The zero-order valence-corrected chi connectivity index (χ0v) is 17.0. The topological polar surface area (TPSA) is 73.0 Å². The summed E-state index contributed by atoms with van der Waals surface area (Å²) < 4.78 is 7.61. The van der Waals surface area contributed by atoms with E-state index in [2.05, 4.69) is 15.4 Å². The first-order valence-electron chi connectivity index (χ1n) is 9.40. The molecule has 29 heavy (non-hydrogen) atoms. The van der Waals surface area contributed by atoms with Crippen LogP contribution in [-0.2, 0) is 6.54 Å². The molecule has 4 rings (SSSR count). The lowest BCUT2D eigenvalue weighted by Crippen LogP contribution is -2.29. The normalized spacial score (nSPS) is 12.2. The van der Waals surface area contributed by atoms with Crippen LogP contribution in [0.15, 0.2) is 59.5 Å². The Hall–Kier alpha value is -3.12. The summed E-state index contributed by atoms with van der Waals surface area (Å²) in [5, 5.41) is 8.62. The number of nitrogens with one attached hydrogen (secondary N) is 1. The van der Waals surface area contributed by atoms with Gasteiger partial charge in [0, 0.05) is 17.5 Å². The van der Waals surface area contributed by atoms with Gasteiger partial charge in [0.15, 0.2) is 11.3 Å². The third-order valence-corrected chi connectivity index (χ3v) is 5.24. The Kier molecular flexibility index (Phi) is 5.36. The molecule has 0 saturated heterocycles. The summed E-state index contributed by atoms with van der Waals surface area (Å²) in [5.41, 5.74) is 3.36. The van der Waals surface area contributed by atoms with Crippen LogP contribution in [0.2, 0.25) is 5.02 Å². The Morgan fingerprint density at radius 2 is 2.03 bits per heavy atom. The molecule has 148 valence electrons. The lowest BCUT2D eigenvalue weighted by atomic mass is 10.0. The van der Waals surface area contributed by atoms with Crippen molar-refractivity contribution in [1.82, 2.24) is 20.1 Å². The van der Waals surface area contributed by atoms with E-state index in [0.717, 1.165) is 22.1 Å². The SMILES string of the molecule is Cc1cc(Cl)c2oc(C(=O)N[C@H](CCn3cncn3)c3ccccc3)c(C)c2c1.